The highest BCUT2D eigenvalue weighted by Crippen LogP contribution is 2.41. The summed E-state index contributed by atoms with van der Waals surface area (Å²) in [6, 6.07) is 5.40. The summed E-state index contributed by atoms with van der Waals surface area (Å²) in [5.41, 5.74) is -1.44. The highest BCUT2D eigenvalue weighted by Gasteiger charge is 2.49. The van der Waals surface area contributed by atoms with E-state index in [0.29, 0.717) is 0 Å². The highest BCUT2D eigenvalue weighted by molar-refractivity contribution is 5.88. The van der Waals surface area contributed by atoms with Crippen molar-refractivity contribution in [3.63, 3.8) is 0 Å². The van der Waals surface area contributed by atoms with Gasteiger partial charge in [0.1, 0.15) is 71.3 Å². The number of fused-ring (bicyclic) bond motifs is 1. The van der Waals surface area contributed by atoms with Gasteiger partial charge in [-0.05, 0) is 32.0 Å². The molecule has 51 heavy (non-hydrogen) atoms. The predicted molar refractivity (Wildman–Crippen MR) is 166 cm³/mol. The summed E-state index contributed by atoms with van der Waals surface area (Å²) < 4.78 is 39.6. The zero-order valence-electron chi connectivity index (χ0n) is 26.9. The Bertz CT molecular complexity index is 1780. The van der Waals surface area contributed by atoms with Crippen LogP contribution in [0.15, 0.2) is 39.5 Å². The fourth-order valence-electron chi connectivity index (χ4n) is 5.97. The van der Waals surface area contributed by atoms with Crippen LogP contribution in [0.25, 0.3) is 22.3 Å². The second-order valence-corrected chi connectivity index (χ2v) is 12.6. The van der Waals surface area contributed by atoms with Crippen LogP contribution < -0.4 is 14.9 Å². The minimum Gasteiger partial charge on any atom is -0.508 e. The van der Waals surface area contributed by atoms with Crippen LogP contribution in [0.1, 0.15) is 13.8 Å². The zero-order chi connectivity index (χ0) is 37.0. The Morgan fingerprint density at radius 3 is 2.02 bits per heavy atom. The van der Waals surface area contributed by atoms with Gasteiger partial charge in [0, 0.05) is 17.7 Å². The van der Waals surface area contributed by atoms with Gasteiger partial charge in [0.25, 0.3) is 0 Å². The van der Waals surface area contributed by atoms with Gasteiger partial charge in [-0.3, -0.25) is 4.79 Å². The molecule has 3 aromatic rings. The third-order valence-electron chi connectivity index (χ3n) is 8.95. The third kappa shape index (κ3) is 6.91. The molecule has 0 spiro atoms. The van der Waals surface area contributed by atoms with Gasteiger partial charge in [0.05, 0.1) is 18.8 Å². The number of ether oxygens (including phenoxy) is 6. The first kappa shape index (κ1) is 36.9. The van der Waals surface area contributed by atoms with E-state index < -0.39 is 132 Å². The summed E-state index contributed by atoms with van der Waals surface area (Å²) in [5.74, 6) is -3.17. The first-order valence-electron chi connectivity index (χ1n) is 15.8. The van der Waals surface area contributed by atoms with Crippen molar-refractivity contribution in [2.24, 2.45) is 0 Å². The number of hydrogen-bond donors (Lipinski definition) is 11. The lowest BCUT2D eigenvalue weighted by Crippen LogP contribution is -2.62. The molecule has 1 aromatic heterocycles. The molecule has 0 saturated carbocycles. The van der Waals surface area contributed by atoms with E-state index in [4.69, 9.17) is 32.8 Å². The second-order valence-electron chi connectivity index (χ2n) is 12.6. The van der Waals surface area contributed by atoms with E-state index in [2.05, 4.69) is 0 Å². The van der Waals surface area contributed by atoms with Gasteiger partial charge in [0.2, 0.25) is 23.8 Å². The van der Waals surface area contributed by atoms with Crippen LogP contribution in [-0.2, 0) is 18.9 Å². The van der Waals surface area contributed by atoms with E-state index >= 15 is 0 Å². The summed E-state index contributed by atoms with van der Waals surface area (Å²) in [5, 5.41) is 114. The first-order chi connectivity index (χ1) is 24.1. The molecule has 11 N–H and O–H groups in total. The summed E-state index contributed by atoms with van der Waals surface area (Å²) in [6.07, 6.45) is -21.9. The lowest BCUT2D eigenvalue weighted by molar-refractivity contribution is -0.341. The topological polar surface area (TPSA) is 308 Å². The molecule has 0 aliphatic carbocycles. The van der Waals surface area contributed by atoms with Crippen LogP contribution in [0.4, 0.5) is 0 Å². The lowest BCUT2D eigenvalue weighted by Gasteiger charge is -2.44. The standard InChI is InChI=1S/C32H38O19/c1-9-19(37)23(41)26(44)31(46-9)49-16-4-3-11(5-13(16)34)27-28(22(40)18-14(35)6-12(33)7-17(18)48-27)50-32-29(24(42)20(38)10(2)47-32)51-30-25(43)21(39)15(36)8-45-30/h3-7,9-10,15,19-21,23-26,29-39,41-44H,8H2,1-2H3/t9-,10-,15+,19-,20-,21-,23+,24+,25+,26+,29+,30-,31+,32+/m0/s1. The average molecular weight is 727 g/mol. The van der Waals surface area contributed by atoms with Gasteiger partial charge in [-0.15, -0.1) is 0 Å². The van der Waals surface area contributed by atoms with E-state index in [1.165, 1.54) is 26.0 Å². The van der Waals surface area contributed by atoms with Crippen LogP contribution in [0.2, 0.25) is 0 Å². The normalized spacial score (nSPS) is 37.3. The Balaban J connectivity index is 1.39. The van der Waals surface area contributed by atoms with E-state index in [9.17, 15) is 61.0 Å². The maximum absolute atomic E-state index is 14.0. The molecule has 3 fully saturated rings. The molecular formula is C32H38O19. The van der Waals surface area contributed by atoms with Crippen molar-refractivity contribution >= 4 is 11.0 Å². The van der Waals surface area contributed by atoms with Crippen LogP contribution >= 0.6 is 0 Å². The summed E-state index contributed by atoms with van der Waals surface area (Å²) >= 11 is 0. The number of aliphatic hydroxyl groups excluding tert-OH is 8. The van der Waals surface area contributed by atoms with Crippen molar-refractivity contribution in [2.75, 3.05) is 6.61 Å². The largest absolute Gasteiger partial charge is 0.508 e. The van der Waals surface area contributed by atoms with Crippen molar-refractivity contribution in [1.82, 2.24) is 0 Å². The summed E-state index contributed by atoms with van der Waals surface area (Å²) in [4.78, 5) is 14.0. The summed E-state index contributed by atoms with van der Waals surface area (Å²) in [6.45, 7) is 2.33. The number of hydrogen-bond acceptors (Lipinski definition) is 19. The molecule has 280 valence electrons. The Kier molecular flexibility index (Phi) is 10.4. The molecule has 19 heteroatoms. The fourth-order valence-corrected chi connectivity index (χ4v) is 5.97. The van der Waals surface area contributed by atoms with E-state index in [1.54, 1.807) is 0 Å². The third-order valence-corrected chi connectivity index (χ3v) is 8.95. The molecule has 3 aliphatic heterocycles. The van der Waals surface area contributed by atoms with Crippen molar-refractivity contribution in [2.45, 2.75) is 99.9 Å². The van der Waals surface area contributed by atoms with E-state index in [1.807, 2.05) is 0 Å². The molecular weight excluding hydrogens is 688 g/mol. The number of phenols is 3. The number of aromatic hydroxyl groups is 3. The summed E-state index contributed by atoms with van der Waals surface area (Å²) in [7, 11) is 0. The first-order valence-corrected chi connectivity index (χ1v) is 15.8. The van der Waals surface area contributed by atoms with Crippen molar-refractivity contribution in [3.05, 3.63) is 40.6 Å². The lowest BCUT2D eigenvalue weighted by atomic mass is 9.99. The second kappa shape index (κ2) is 14.3. The minimum absolute atomic E-state index is 0.0734. The maximum Gasteiger partial charge on any atom is 0.239 e. The Labute approximate surface area is 287 Å². The van der Waals surface area contributed by atoms with Gasteiger partial charge in [-0.1, -0.05) is 0 Å². The average Bonchev–Trinajstić information content (AvgIpc) is 3.08. The van der Waals surface area contributed by atoms with Crippen LogP contribution in [0.3, 0.4) is 0 Å². The molecule has 3 saturated heterocycles. The number of aliphatic hydroxyl groups is 8. The monoisotopic (exact) mass is 726 g/mol. The highest BCUT2D eigenvalue weighted by atomic mass is 16.8. The quantitative estimate of drug-likeness (QED) is 0.119. The minimum atomic E-state index is -1.83. The van der Waals surface area contributed by atoms with Crippen LogP contribution in [0, 0.1) is 0 Å². The van der Waals surface area contributed by atoms with Gasteiger partial charge < -0.3 is 89.0 Å². The Hall–Kier alpha value is -3.83. The molecule has 0 unspecified atom stereocenters. The maximum atomic E-state index is 14.0. The molecule has 3 aliphatic rings. The van der Waals surface area contributed by atoms with Crippen molar-refractivity contribution in [1.29, 1.82) is 0 Å². The molecule has 14 atom stereocenters. The molecule has 0 amide bonds. The van der Waals surface area contributed by atoms with Crippen LogP contribution in [0.5, 0.6) is 28.7 Å². The number of benzene rings is 2. The number of phenolic OH excluding ortho intramolecular Hbond substituents is 3. The smallest absolute Gasteiger partial charge is 0.239 e. The Morgan fingerprint density at radius 2 is 1.33 bits per heavy atom. The molecule has 6 rings (SSSR count). The Morgan fingerprint density at radius 1 is 0.686 bits per heavy atom. The van der Waals surface area contributed by atoms with Gasteiger partial charge in [-0.25, -0.2) is 0 Å². The molecule has 4 heterocycles. The van der Waals surface area contributed by atoms with E-state index in [-0.39, 0.29) is 16.9 Å². The van der Waals surface area contributed by atoms with Gasteiger partial charge in [0.15, 0.2) is 29.7 Å². The molecule has 0 bridgehead atoms. The SMILES string of the molecule is C[C@@H]1O[C@H](Oc2ccc(-c3oc4cc(O)cc(O)c4c(=O)c3O[C@H]3O[C@@H](C)[C@H](O)[C@@H](O)[C@H]3O[C@@H]3OC[C@@H](O)[C@H](O)[C@H]3O)cc2O)[C@H](O)[C@H](O)[C@H]1O. The zero-order valence-corrected chi connectivity index (χ0v) is 26.9. The van der Waals surface area contributed by atoms with E-state index in [0.717, 1.165) is 18.2 Å². The fraction of sp³-hybridized carbons (Fsp3) is 0.531. The molecule has 2 aromatic carbocycles. The molecule has 0 radical (unpaired) electrons. The molecule has 19 nitrogen and oxygen atoms in total. The van der Waals surface area contributed by atoms with Crippen molar-refractivity contribution < 1.29 is 89.0 Å². The van der Waals surface area contributed by atoms with Crippen molar-refractivity contribution in [3.8, 4) is 40.1 Å². The van der Waals surface area contributed by atoms with Crippen LogP contribution in [-0.4, -0.2) is 149 Å². The number of rotatable bonds is 7. The van der Waals surface area contributed by atoms with Gasteiger partial charge in [-0.2, -0.15) is 0 Å². The van der Waals surface area contributed by atoms with Gasteiger partial charge >= 0.3 is 0 Å². The predicted octanol–water partition coefficient (Wildman–Crippen LogP) is -2.55.